The molecule has 3 heteroatoms. The average Bonchev–Trinajstić information content (AvgIpc) is 2.54. The maximum atomic E-state index is 11.4. The highest BCUT2D eigenvalue weighted by atomic mass is 16.5. The van der Waals surface area contributed by atoms with Crippen LogP contribution >= 0.6 is 0 Å². The Balaban J connectivity index is 2.07. The highest BCUT2D eigenvalue weighted by Gasteiger charge is 2.55. The number of benzene rings is 1. The molecule has 1 aromatic carbocycles. The van der Waals surface area contributed by atoms with Crippen LogP contribution in [-0.2, 0) is 16.6 Å². The highest BCUT2D eigenvalue weighted by Crippen LogP contribution is 2.50. The second kappa shape index (κ2) is 5.44. The summed E-state index contributed by atoms with van der Waals surface area (Å²) >= 11 is 0. The zero-order valence-corrected chi connectivity index (χ0v) is 12.6. The van der Waals surface area contributed by atoms with E-state index in [4.69, 9.17) is 4.74 Å². The molecule has 2 aliphatic carbocycles. The molecule has 0 saturated heterocycles. The van der Waals surface area contributed by atoms with E-state index in [1.807, 2.05) is 18.2 Å². The number of fused-ring (bicyclic) bond motifs is 1. The largest absolute Gasteiger partial charge is 0.388 e. The predicted molar refractivity (Wildman–Crippen MR) is 80.9 cm³/mol. The molecular weight excluding hydrogens is 262 g/mol. The van der Waals surface area contributed by atoms with Gasteiger partial charge >= 0.3 is 0 Å². The summed E-state index contributed by atoms with van der Waals surface area (Å²) in [4.78, 5) is 0. The molecule has 2 aliphatic rings. The van der Waals surface area contributed by atoms with Crippen LogP contribution in [0.1, 0.15) is 49.7 Å². The molecule has 112 valence electrons. The van der Waals surface area contributed by atoms with Crippen molar-refractivity contribution < 1.29 is 9.84 Å². The number of nitriles is 1. The molecule has 3 nitrogen and oxygen atoms in total. The van der Waals surface area contributed by atoms with Gasteiger partial charge in [0, 0.05) is 13.5 Å². The van der Waals surface area contributed by atoms with Gasteiger partial charge in [0.2, 0.25) is 0 Å². The van der Waals surface area contributed by atoms with Gasteiger partial charge in [-0.3, -0.25) is 0 Å². The van der Waals surface area contributed by atoms with E-state index in [1.54, 1.807) is 7.11 Å². The third kappa shape index (κ3) is 2.18. The van der Waals surface area contributed by atoms with Gasteiger partial charge in [0.05, 0.1) is 17.8 Å². The summed E-state index contributed by atoms with van der Waals surface area (Å²) < 4.78 is 5.49. The van der Waals surface area contributed by atoms with Gasteiger partial charge < -0.3 is 9.84 Å². The first-order chi connectivity index (χ1) is 10.1. The van der Waals surface area contributed by atoms with Crippen LogP contribution in [-0.4, -0.2) is 23.9 Å². The molecule has 3 unspecified atom stereocenters. The number of nitrogens with zero attached hydrogens (tertiary/aromatic N) is 1. The van der Waals surface area contributed by atoms with Crippen LogP contribution in [0.4, 0.5) is 0 Å². The Labute approximate surface area is 126 Å². The van der Waals surface area contributed by atoms with Gasteiger partial charge in [-0.05, 0) is 49.7 Å². The third-order valence-electron chi connectivity index (χ3n) is 5.48. The highest BCUT2D eigenvalue weighted by molar-refractivity contribution is 5.45. The predicted octanol–water partition coefficient (Wildman–Crippen LogP) is 3.10. The lowest BCUT2D eigenvalue weighted by molar-refractivity contribution is -0.0972. The maximum Gasteiger partial charge on any atom is 0.111 e. The second-order valence-electron chi connectivity index (χ2n) is 6.51. The Hall–Kier alpha value is -1.37. The summed E-state index contributed by atoms with van der Waals surface area (Å²) in [5, 5.41) is 21.4. The molecule has 0 amide bonds. The first kappa shape index (κ1) is 14.6. The van der Waals surface area contributed by atoms with Crippen molar-refractivity contribution in [2.75, 3.05) is 7.11 Å². The average molecular weight is 285 g/mol. The minimum absolute atomic E-state index is 0.0584. The fourth-order valence-electron chi connectivity index (χ4n) is 4.33. The first-order valence-electron chi connectivity index (χ1n) is 7.90. The Kier molecular flexibility index (Phi) is 3.77. The molecule has 0 heterocycles. The van der Waals surface area contributed by atoms with Gasteiger partial charge in [-0.25, -0.2) is 0 Å². The van der Waals surface area contributed by atoms with Crippen molar-refractivity contribution in [3.8, 4) is 6.07 Å². The number of ether oxygens (including phenoxy) is 1. The summed E-state index contributed by atoms with van der Waals surface area (Å²) in [5.74, 6) is 0. The van der Waals surface area contributed by atoms with Gasteiger partial charge in [0.15, 0.2) is 0 Å². The van der Waals surface area contributed by atoms with Crippen molar-refractivity contribution in [3.63, 3.8) is 0 Å². The molecule has 0 aromatic heterocycles. The smallest absolute Gasteiger partial charge is 0.111 e. The summed E-state index contributed by atoms with van der Waals surface area (Å²) in [6, 6.07) is 10.7. The molecule has 0 spiro atoms. The molecule has 3 rings (SSSR count). The molecule has 3 atom stereocenters. The van der Waals surface area contributed by atoms with Gasteiger partial charge in [-0.2, -0.15) is 5.26 Å². The van der Waals surface area contributed by atoms with E-state index in [-0.39, 0.29) is 6.10 Å². The molecule has 1 aromatic rings. The number of aryl methyl sites for hydroxylation is 1. The van der Waals surface area contributed by atoms with Crippen LogP contribution in [0.25, 0.3) is 0 Å². The number of hydrogen-bond donors (Lipinski definition) is 1. The lowest BCUT2D eigenvalue weighted by Crippen LogP contribution is -2.56. The van der Waals surface area contributed by atoms with Gasteiger partial charge in [-0.15, -0.1) is 0 Å². The van der Waals surface area contributed by atoms with Gasteiger partial charge in [-0.1, -0.05) is 24.3 Å². The number of aliphatic hydroxyl groups is 1. The van der Waals surface area contributed by atoms with Crippen LogP contribution in [0.15, 0.2) is 24.3 Å². The first-order valence-corrected chi connectivity index (χ1v) is 7.90. The molecule has 21 heavy (non-hydrogen) atoms. The summed E-state index contributed by atoms with van der Waals surface area (Å²) in [6.45, 7) is 0. The van der Waals surface area contributed by atoms with Crippen molar-refractivity contribution in [1.29, 1.82) is 5.26 Å². The molecule has 1 saturated carbocycles. The topological polar surface area (TPSA) is 53.2 Å². The van der Waals surface area contributed by atoms with Crippen LogP contribution in [0, 0.1) is 11.3 Å². The Morgan fingerprint density at radius 1 is 1.29 bits per heavy atom. The molecule has 0 aliphatic heterocycles. The van der Waals surface area contributed by atoms with Crippen molar-refractivity contribution in [3.05, 3.63) is 35.4 Å². The third-order valence-corrected chi connectivity index (χ3v) is 5.48. The van der Waals surface area contributed by atoms with Crippen molar-refractivity contribution >= 4 is 0 Å². The fraction of sp³-hybridized carbons (Fsp3) is 0.611. The van der Waals surface area contributed by atoms with Gasteiger partial charge in [0.25, 0.3) is 0 Å². The molecular formula is C18H23NO2. The van der Waals surface area contributed by atoms with E-state index in [0.29, 0.717) is 12.8 Å². The van der Waals surface area contributed by atoms with E-state index >= 15 is 0 Å². The zero-order chi connectivity index (χ0) is 14.9. The minimum atomic E-state index is -0.975. The Morgan fingerprint density at radius 3 is 2.86 bits per heavy atom. The van der Waals surface area contributed by atoms with E-state index < -0.39 is 11.0 Å². The van der Waals surface area contributed by atoms with E-state index in [2.05, 4.69) is 12.1 Å². The summed E-state index contributed by atoms with van der Waals surface area (Å²) in [6.07, 6.45) is 5.91. The van der Waals surface area contributed by atoms with E-state index in [9.17, 15) is 10.4 Å². The zero-order valence-electron chi connectivity index (χ0n) is 12.6. The Bertz CT molecular complexity index is 565. The standard InChI is InChI=1S/C18H23NO2/c1-21-15-8-5-11-18(20,12-15)17(13-19)10-4-7-14-6-2-3-9-16(14)17/h2-3,6,9,15,20H,4-5,7-8,10-12H2,1H3. The van der Waals surface area contributed by atoms with Crippen molar-refractivity contribution in [1.82, 2.24) is 0 Å². The fourth-order valence-corrected chi connectivity index (χ4v) is 4.33. The Morgan fingerprint density at radius 2 is 2.10 bits per heavy atom. The summed E-state index contributed by atoms with van der Waals surface area (Å²) in [5.41, 5.74) is 0.507. The molecule has 0 radical (unpaired) electrons. The monoisotopic (exact) mass is 285 g/mol. The number of hydrogen-bond acceptors (Lipinski definition) is 3. The lowest BCUT2D eigenvalue weighted by atomic mass is 9.57. The maximum absolute atomic E-state index is 11.4. The second-order valence-corrected chi connectivity index (χ2v) is 6.51. The molecule has 0 bridgehead atoms. The van der Waals surface area contributed by atoms with Crippen molar-refractivity contribution in [2.24, 2.45) is 0 Å². The van der Waals surface area contributed by atoms with Crippen LogP contribution in [0.5, 0.6) is 0 Å². The van der Waals surface area contributed by atoms with Gasteiger partial charge in [0.1, 0.15) is 5.41 Å². The van der Waals surface area contributed by atoms with E-state index in [1.165, 1.54) is 5.56 Å². The van der Waals surface area contributed by atoms with Crippen LogP contribution < -0.4 is 0 Å². The number of rotatable bonds is 2. The molecule has 1 fully saturated rings. The van der Waals surface area contributed by atoms with Crippen LogP contribution in [0.3, 0.4) is 0 Å². The summed E-state index contributed by atoms with van der Waals surface area (Å²) in [7, 11) is 1.70. The lowest BCUT2D eigenvalue weighted by Gasteiger charge is -2.49. The quantitative estimate of drug-likeness (QED) is 0.908. The van der Waals surface area contributed by atoms with E-state index in [0.717, 1.165) is 37.7 Å². The van der Waals surface area contributed by atoms with Crippen LogP contribution in [0.2, 0.25) is 0 Å². The minimum Gasteiger partial charge on any atom is -0.388 e. The molecule has 1 N–H and O–H groups in total. The number of methoxy groups -OCH3 is 1. The SMILES string of the molecule is COC1CCCC(O)(C2(C#N)CCCc3ccccc32)C1. The van der Waals surface area contributed by atoms with Crippen molar-refractivity contribution in [2.45, 2.75) is 62.1 Å². The normalized spacial score (nSPS) is 35.8.